The van der Waals surface area contributed by atoms with Crippen LogP contribution in [0.25, 0.3) is 16.6 Å². The number of carbonyl (C=O) groups is 1. The lowest BCUT2D eigenvalue weighted by molar-refractivity contribution is 0.0361. The highest BCUT2D eigenvalue weighted by Crippen LogP contribution is 2.45. The van der Waals surface area contributed by atoms with E-state index in [1.807, 2.05) is 0 Å². The van der Waals surface area contributed by atoms with Gasteiger partial charge in [0.15, 0.2) is 0 Å². The number of likely N-dealkylation sites (tertiary alicyclic amines) is 1. The first-order valence-corrected chi connectivity index (χ1v) is 9.99. The van der Waals surface area contributed by atoms with Gasteiger partial charge in [-0.3, -0.25) is 9.20 Å². The number of ether oxygens (including phenoxy) is 1. The molecule has 0 unspecified atom stereocenters. The number of halogens is 2. The van der Waals surface area contributed by atoms with Crippen LogP contribution in [0.3, 0.4) is 0 Å². The molecule has 9 heteroatoms. The average molecular weight is 421 g/mol. The molecule has 156 valence electrons. The first-order chi connectivity index (χ1) is 15.0. The zero-order chi connectivity index (χ0) is 21.3. The Bertz CT molecular complexity index is 1390. The summed E-state index contributed by atoms with van der Waals surface area (Å²) in [4.78, 5) is 23.5. The van der Waals surface area contributed by atoms with E-state index in [4.69, 9.17) is 10.5 Å². The summed E-state index contributed by atoms with van der Waals surface area (Å²) in [6.07, 6.45) is 4.29. The molecule has 2 aliphatic rings. The Labute approximate surface area is 175 Å². The fraction of sp³-hybridized carbons (Fsp3) is 0.227. The number of anilines is 1. The number of fused-ring (bicyclic) bond motifs is 6. The highest BCUT2D eigenvalue weighted by Gasteiger charge is 2.43. The summed E-state index contributed by atoms with van der Waals surface area (Å²) >= 11 is 0. The lowest BCUT2D eigenvalue weighted by atomic mass is 9.93. The molecule has 0 radical (unpaired) electrons. The summed E-state index contributed by atoms with van der Waals surface area (Å²) in [5, 5.41) is 0. The number of carbonyl (C=O) groups excluding carboxylic acids is 1. The van der Waals surface area contributed by atoms with Crippen LogP contribution in [0.2, 0.25) is 0 Å². The van der Waals surface area contributed by atoms with Crippen LogP contribution < -0.4 is 10.5 Å². The number of nitrogen functional groups attached to an aromatic ring is 1. The molecule has 0 saturated carbocycles. The highest BCUT2D eigenvalue weighted by atomic mass is 19.1. The summed E-state index contributed by atoms with van der Waals surface area (Å²) in [5.41, 5.74) is 8.06. The average Bonchev–Trinajstić information content (AvgIpc) is 3.37. The van der Waals surface area contributed by atoms with Crippen LogP contribution in [0.15, 0.2) is 42.9 Å². The SMILES string of the molecule is Nc1nc2cc(F)c(C(=O)N3CCC[C@@H]4Oc5cc(F)ccc5[C@@H]43)cc2n2cncc12. The Morgan fingerprint density at radius 2 is 2.06 bits per heavy atom. The topological polar surface area (TPSA) is 85.8 Å². The molecule has 1 amide bonds. The molecule has 0 bridgehead atoms. The smallest absolute Gasteiger partial charge is 0.257 e. The molecule has 4 heterocycles. The van der Waals surface area contributed by atoms with Crippen molar-refractivity contribution >= 4 is 28.3 Å². The van der Waals surface area contributed by atoms with Crippen LogP contribution in [0.5, 0.6) is 5.75 Å². The van der Waals surface area contributed by atoms with E-state index in [1.54, 1.807) is 27.9 Å². The maximum Gasteiger partial charge on any atom is 0.257 e. The molecule has 7 nitrogen and oxygen atoms in total. The van der Waals surface area contributed by atoms with Crippen molar-refractivity contribution in [2.45, 2.75) is 25.0 Å². The fourth-order valence-electron chi connectivity index (χ4n) is 4.71. The number of aromatic nitrogens is 3. The number of nitrogens with zero attached hydrogens (tertiary/aromatic N) is 4. The Morgan fingerprint density at radius 1 is 1.19 bits per heavy atom. The quantitative estimate of drug-likeness (QED) is 0.509. The first-order valence-electron chi connectivity index (χ1n) is 9.99. The summed E-state index contributed by atoms with van der Waals surface area (Å²) in [7, 11) is 0. The van der Waals surface area contributed by atoms with Gasteiger partial charge in [0.1, 0.15) is 34.8 Å². The monoisotopic (exact) mass is 421 g/mol. The number of benzene rings is 2. The molecule has 4 aromatic rings. The standard InChI is InChI=1S/C22H17F2N5O2/c23-11-3-4-12-19(6-11)31-18-2-1-5-28(20(12)18)22(30)13-7-16-15(8-14(13)24)27-21(25)17-9-26-10-29(16)17/h3-4,6-10,18,20H,1-2,5H2,(H2,25,27)/t18-,20-/m0/s1. The Balaban J connectivity index is 1.47. The molecule has 1 fully saturated rings. The van der Waals surface area contributed by atoms with Gasteiger partial charge in [0.2, 0.25) is 0 Å². The van der Waals surface area contributed by atoms with E-state index in [0.717, 1.165) is 12.0 Å². The van der Waals surface area contributed by atoms with Gasteiger partial charge >= 0.3 is 0 Å². The minimum atomic E-state index is -0.677. The van der Waals surface area contributed by atoms with Crippen LogP contribution in [0.4, 0.5) is 14.6 Å². The lowest BCUT2D eigenvalue weighted by Gasteiger charge is -2.36. The van der Waals surface area contributed by atoms with Crippen molar-refractivity contribution in [3.63, 3.8) is 0 Å². The lowest BCUT2D eigenvalue weighted by Crippen LogP contribution is -2.44. The van der Waals surface area contributed by atoms with E-state index >= 15 is 4.39 Å². The number of hydrogen-bond donors (Lipinski definition) is 1. The van der Waals surface area contributed by atoms with Crippen molar-refractivity contribution < 1.29 is 18.3 Å². The summed E-state index contributed by atoms with van der Waals surface area (Å²) in [6, 6.07) is 6.64. The van der Waals surface area contributed by atoms with Crippen LogP contribution in [-0.2, 0) is 0 Å². The number of hydrogen-bond acceptors (Lipinski definition) is 5. The van der Waals surface area contributed by atoms with Gasteiger partial charge in [0.05, 0.1) is 35.2 Å². The number of nitrogens with two attached hydrogens (primary N) is 1. The van der Waals surface area contributed by atoms with E-state index in [2.05, 4.69) is 9.97 Å². The molecule has 31 heavy (non-hydrogen) atoms. The molecule has 2 aromatic carbocycles. The van der Waals surface area contributed by atoms with Crippen LogP contribution >= 0.6 is 0 Å². The van der Waals surface area contributed by atoms with Crippen molar-refractivity contribution in [3.05, 3.63) is 65.6 Å². The molecule has 0 aliphatic carbocycles. The molecular formula is C22H17F2N5O2. The third-order valence-corrected chi connectivity index (χ3v) is 6.11. The maximum atomic E-state index is 15.0. The van der Waals surface area contributed by atoms with Crippen LogP contribution in [-0.4, -0.2) is 37.8 Å². The van der Waals surface area contributed by atoms with E-state index < -0.39 is 17.5 Å². The van der Waals surface area contributed by atoms with Crippen LogP contribution in [0, 0.1) is 11.6 Å². The second-order valence-corrected chi connectivity index (χ2v) is 7.89. The zero-order valence-corrected chi connectivity index (χ0v) is 16.3. The van der Waals surface area contributed by atoms with E-state index in [9.17, 15) is 9.18 Å². The highest BCUT2D eigenvalue weighted by molar-refractivity contribution is 5.99. The van der Waals surface area contributed by atoms with Crippen molar-refractivity contribution in [2.75, 3.05) is 12.3 Å². The second kappa shape index (κ2) is 6.37. The summed E-state index contributed by atoms with van der Waals surface area (Å²) < 4.78 is 36.3. The van der Waals surface area contributed by atoms with Crippen molar-refractivity contribution in [3.8, 4) is 5.75 Å². The van der Waals surface area contributed by atoms with Crippen LogP contribution in [0.1, 0.15) is 34.8 Å². The number of amides is 1. The van der Waals surface area contributed by atoms with Gasteiger partial charge in [0.25, 0.3) is 5.91 Å². The molecule has 2 aromatic heterocycles. The Hall–Kier alpha value is -3.75. The Morgan fingerprint density at radius 3 is 2.94 bits per heavy atom. The van der Waals surface area contributed by atoms with Gasteiger partial charge in [-0.2, -0.15) is 0 Å². The Kier molecular flexibility index (Phi) is 3.71. The third-order valence-electron chi connectivity index (χ3n) is 6.11. The zero-order valence-electron chi connectivity index (χ0n) is 16.3. The normalized spacial score (nSPS) is 20.0. The van der Waals surface area contributed by atoms with Crippen molar-refractivity contribution in [1.29, 1.82) is 0 Å². The molecule has 2 N–H and O–H groups in total. The van der Waals surface area contributed by atoms with Gasteiger partial charge in [-0.1, -0.05) is 6.07 Å². The van der Waals surface area contributed by atoms with Gasteiger partial charge < -0.3 is 15.4 Å². The molecule has 1 saturated heterocycles. The number of imidazole rings is 1. The summed E-state index contributed by atoms with van der Waals surface area (Å²) in [6.45, 7) is 0.456. The molecule has 6 rings (SSSR count). The third kappa shape index (κ3) is 2.59. The largest absolute Gasteiger partial charge is 0.487 e. The molecule has 2 atom stereocenters. The van der Waals surface area contributed by atoms with Crippen molar-refractivity contribution in [2.24, 2.45) is 0 Å². The molecule has 2 aliphatic heterocycles. The molecule has 0 spiro atoms. The summed E-state index contributed by atoms with van der Waals surface area (Å²) in [5.74, 6) is -0.848. The minimum Gasteiger partial charge on any atom is -0.487 e. The minimum absolute atomic E-state index is 0.0646. The predicted octanol–water partition coefficient (Wildman–Crippen LogP) is 3.48. The van der Waals surface area contributed by atoms with E-state index in [1.165, 1.54) is 24.3 Å². The van der Waals surface area contributed by atoms with Gasteiger partial charge in [-0.15, -0.1) is 0 Å². The van der Waals surface area contributed by atoms with Crippen molar-refractivity contribution in [1.82, 2.24) is 19.3 Å². The predicted molar refractivity (Wildman–Crippen MR) is 109 cm³/mol. The molecular weight excluding hydrogens is 404 g/mol. The second-order valence-electron chi connectivity index (χ2n) is 7.89. The number of piperidine rings is 1. The number of rotatable bonds is 1. The van der Waals surface area contributed by atoms with E-state index in [-0.39, 0.29) is 23.5 Å². The van der Waals surface area contributed by atoms with Gasteiger partial charge in [0, 0.05) is 24.2 Å². The maximum absolute atomic E-state index is 15.0. The first kappa shape index (κ1) is 18.1. The fourth-order valence-corrected chi connectivity index (χ4v) is 4.71. The van der Waals surface area contributed by atoms with Gasteiger partial charge in [-0.25, -0.2) is 18.7 Å². The van der Waals surface area contributed by atoms with Gasteiger partial charge in [-0.05, 0) is 25.0 Å². The van der Waals surface area contributed by atoms with E-state index in [0.29, 0.717) is 35.3 Å².